The summed E-state index contributed by atoms with van der Waals surface area (Å²) in [4.78, 5) is 12.2. The largest absolute Gasteiger partial charge is 0.496 e. The lowest BCUT2D eigenvalue weighted by atomic mass is 10.0. The highest BCUT2D eigenvalue weighted by molar-refractivity contribution is 6.02. The van der Waals surface area contributed by atoms with Gasteiger partial charge in [-0.15, -0.1) is 0 Å². The molecule has 4 heteroatoms. The quantitative estimate of drug-likeness (QED) is 0.557. The van der Waals surface area contributed by atoms with Gasteiger partial charge in [-0.2, -0.15) is 5.10 Å². The number of benzene rings is 3. The van der Waals surface area contributed by atoms with Gasteiger partial charge in [0, 0.05) is 5.56 Å². The van der Waals surface area contributed by atoms with Gasteiger partial charge < -0.3 is 4.74 Å². The van der Waals surface area contributed by atoms with Crippen molar-refractivity contribution in [2.45, 2.75) is 20.3 Å². The molecule has 3 rings (SSSR count). The first-order valence-corrected chi connectivity index (χ1v) is 8.52. The first-order valence-electron chi connectivity index (χ1n) is 8.52. The molecule has 0 spiro atoms. The zero-order valence-corrected chi connectivity index (χ0v) is 15.2. The first kappa shape index (κ1) is 17.7. The van der Waals surface area contributed by atoms with Gasteiger partial charge in [-0.1, -0.05) is 54.1 Å². The smallest absolute Gasteiger partial charge is 0.244 e. The van der Waals surface area contributed by atoms with Gasteiger partial charge in [0.05, 0.1) is 19.7 Å². The third-order valence-corrected chi connectivity index (χ3v) is 4.38. The average Bonchev–Trinajstić information content (AvgIpc) is 2.64. The molecule has 26 heavy (non-hydrogen) atoms. The van der Waals surface area contributed by atoms with Crippen molar-refractivity contribution in [3.05, 3.63) is 76.9 Å². The van der Waals surface area contributed by atoms with Gasteiger partial charge in [0.1, 0.15) is 5.75 Å². The Balaban J connectivity index is 1.76. The lowest BCUT2D eigenvalue weighted by Gasteiger charge is -2.08. The van der Waals surface area contributed by atoms with E-state index in [9.17, 15) is 4.79 Å². The van der Waals surface area contributed by atoms with Crippen LogP contribution in [0.3, 0.4) is 0 Å². The van der Waals surface area contributed by atoms with E-state index in [1.165, 1.54) is 5.56 Å². The van der Waals surface area contributed by atoms with Crippen LogP contribution in [0, 0.1) is 13.8 Å². The standard InChI is InChI=1S/C22H22N2O2/c1-15-8-9-18(16(2)12-15)13-22(25)24-23-14-20-19-7-5-4-6-17(19)10-11-21(20)26-3/h4-12,14H,13H2,1-3H3,(H,24,25)/b23-14-. The number of hydrazone groups is 1. The van der Waals surface area contributed by atoms with Crippen molar-refractivity contribution in [2.75, 3.05) is 7.11 Å². The number of ether oxygens (including phenoxy) is 1. The number of aryl methyl sites for hydroxylation is 2. The fourth-order valence-corrected chi connectivity index (χ4v) is 3.01. The number of carbonyl (C=O) groups is 1. The third-order valence-electron chi connectivity index (χ3n) is 4.38. The number of rotatable bonds is 5. The Bertz CT molecular complexity index is 977. The molecule has 0 fully saturated rings. The fraction of sp³-hybridized carbons (Fsp3) is 0.182. The van der Waals surface area contributed by atoms with Gasteiger partial charge in [0.25, 0.3) is 0 Å². The van der Waals surface area contributed by atoms with E-state index >= 15 is 0 Å². The minimum Gasteiger partial charge on any atom is -0.496 e. The maximum Gasteiger partial charge on any atom is 0.244 e. The highest BCUT2D eigenvalue weighted by atomic mass is 16.5. The summed E-state index contributed by atoms with van der Waals surface area (Å²) >= 11 is 0. The van der Waals surface area contributed by atoms with Crippen molar-refractivity contribution < 1.29 is 9.53 Å². The molecular formula is C22H22N2O2. The van der Waals surface area contributed by atoms with Crippen LogP contribution in [-0.4, -0.2) is 19.2 Å². The molecule has 3 aromatic rings. The minimum absolute atomic E-state index is 0.146. The summed E-state index contributed by atoms with van der Waals surface area (Å²) in [6.07, 6.45) is 1.94. The molecule has 0 atom stereocenters. The molecular weight excluding hydrogens is 324 g/mol. The number of nitrogens with zero attached hydrogens (tertiary/aromatic N) is 1. The molecule has 0 unspecified atom stereocenters. The lowest BCUT2D eigenvalue weighted by molar-refractivity contribution is -0.120. The molecule has 0 aliphatic rings. The Morgan fingerprint density at radius 3 is 2.69 bits per heavy atom. The Morgan fingerprint density at radius 2 is 1.92 bits per heavy atom. The number of methoxy groups -OCH3 is 1. The van der Waals surface area contributed by atoms with Gasteiger partial charge in [-0.25, -0.2) is 5.43 Å². The zero-order chi connectivity index (χ0) is 18.5. The fourth-order valence-electron chi connectivity index (χ4n) is 3.01. The van der Waals surface area contributed by atoms with E-state index in [-0.39, 0.29) is 5.91 Å². The third kappa shape index (κ3) is 3.91. The number of carbonyl (C=O) groups excluding carboxylic acids is 1. The Kier molecular flexibility index (Phi) is 5.32. The second-order valence-corrected chi connectivity index (χ2v) is 6.30. The van der Waals surface area contributed by atoms with Crippen LogP contribution in [-0.2, 0) is 11.2 Å². The summed E-state index contributed by atoms with van der Waals surface area (Å²) in [6, 6.07) is 18.0. The number of hydrogen-bond donors (Lipinski definition) is 1. The van der Waals surface area contributed by atoms with Gasteiger partial charge >= 0.3 is 0 Å². The summed E-state index contributed by atoms with van der Waals surface area (Å²) < 4.78 is 5.43. The van der Waals surface area contributed by atoms with Crippen LogP contribution in [0.5, 0.6) is 5.75 Å². The second-order valence-electron chi connectivity index (χ2n) is 6.30. The molecule has 0 aliphatic heterocycles. The highest BCUT2D eigenvalue weighted by Crippen LogP contribution is 2.26. The maximum absolute atomic E-state index is 12.2. The molecule has 1 amide bonds. The monoisotopic (exact) mass is 346 g/mol. The van der Waals surface area contributed by atoms with Gasteiger partial charge in [0.2, 0.25) is 5.91 Å². The first-order chi connectivity index (χ1) is 12.6. The minimum atomic E-state index is -0.146. The average molecular weight is 346 g/mol. The SMILES string of the molecule is COc1ccc2ccccc2c1/C=N\NC(=O)Cc1ccc(C)cc1C. The maximum atomic E-state index is 12.2. The van der Waals surface area contributed by atoms with Crippen LogP contribution < -0.4 is 10.2 Å². The second kappa shape index (κ2) is 7.83. The van der Waals surface area contributed by atoms with Crippen molar-refractivity contribution in [3.63, 3.8) is 0 Å². The molecule has 0 saturated heterocycles. The van der Waals surface area contributed by atoms with Crippen LogP contribution in [0.4, 0.5) is 0 Å². The topological polar surface area (TPSA) is 50.7 Å². The normalized spacial score (nSPS) is 11.0. The van der Waals surface area contributed by atoms with Crippen molar-refractivity contribution >= 4 is 22.9 Å². The number of hydrogen-bond acceptors (Lipinski definition) is 3. The molecule has 132 valence electrons. The summed E-state index contributed by atoms with van der Waals surface area (Å²) in [5.74, 6) is 0.573. The number of amides is 1. The van der Waals surface area contributed by atoms with E-state index in [0.29, 0.717) is 6.42 Å². The van der Waals surface area contributed by atoms with E-state index in [2.05, 4.69) is 16.6 Å². The summed E-state index contributed by atoms with van der Waals surface area (Å²) in [5, 5.41) is 6.26. The molecule has 1 N–H and O–H groups in total. The van der Waals surface area contributed by atoms with Gasteiger partial charge in [-0.05, 0) is 41.8 Å². The van der Waals surface area contributed by atoms with Crippen molar-refractivity contribution in [3.8, 4) is 5.75 Å². The van der Waals surface area contributed by atoms with Crippen LogP contribution in [0.25, 0.3) is 10.8 Å². The Hall–Kier alpha value is -3.14. The predicted octanol–water partition coefficient (Wildman–Crippen LogP) is 4.16. The summed E-state index contributed by atoms with van der Waals surface area (Å²) in [6.45, 7) is 4.05. The van der Waals surface area contributed by atoms with Crippen LogP contribution >= 0.6 is 0 Å². The van der Waals surface area contributed by atoms with E-state index in [0.717, 1.165) is 33.2 Å². The van der Waals surface area contributed by atoms with E-state index < -0.39 is 0 Å². The zero-order valence-electron chi connectivity index (χ0n) is 15.2. The lowest BCUT2D eigenvalue weighted by Crippen LogP contribution is -2.20. The number of nitrogens with one attached hydrogen (secondary N) is 1. The van der Waals surface area contributed by atoms with Crippen molar-refractivity contribution in [1.82, 2.24) is 5.43 Å². The molecule has 0 radical (unpaired) electrons. The van der Waals surface area contributed by atoms with Gasteiger partial charge in [-0.3, -0.25) is 4.79 Å². The molecule has 0 saturated carbocycles. The van der Waals surface area contributed by atoms with Crippen LogP contribution in [0.15, 0.2) is 59.7 Å². The van der Waals surface area contributed by atoms with E-state index in [1.807, 2.05) is 62.4 Å². The molecule has 4 nitrogen and oxygen atoms in total. The summed E-state index contributed by atoms with van der Waals surface area (Å²) in [7, 11) is 1.63. The molecule has 0 aliphatic carbocycles. The van der Waals surface area contributed by atoms with Crippen LogP contribution in [0.1, 0.15) is 22.3 Å². The van der Waals surface area contributed by atoms with E-state index in [4.69, 9.17) is 4.74 Å². The molecule has 0 aromatic heterocycles. The molecule has 0 bridgehead atoms. The summed E-state index contributed by atoms with van der Waals surface area (Å²) in [5.41, 5.74) is 6.76. The van der Waals surface area contributed by atoms with Crippen molar-refractivity contribution in [1.29, 1.82) is 0 Å². The molecule has 0 heterocycles. The van der Waals surface area contributed by atoms with E-state index in [1.54, 1.807) is 13.3 Å². The Morgan fingerprint density at radius 1 is 1.12 bits per heavy atom. The van der Waals surface area contributed by atoms with Crippen LogP contribution in [0.2, 0.25) is 0 Å². The number of fused-ring (bicyclic) bond motifs is 1. The van der Waals surface area contributed by atoms with Gasteiger partial charge in [0.15, 0.2) is 0 Å². The van der Waals surface area contributed by atoms with Crippen molar-refractivity contribution in [2.24, 2.45) is 5.10 Å². The predicted molar refractivity (Wildman–Crippen MR) is 106 cm³/mol. The highest BCUT2D eigenvalue weighted by Gasteiger charge is 2.07. The molecule has 3 aromatic carbocycles. The Labute approximate surface area is 153 Å².